The number of aryl methyl sites for hydroxylation is 1. The van der Waals surface area contributed by atoms with E-state index in [0.29, 0.717) is 37.1 Å². The maximum absolute atomic E-state index is 13.6. The summed E-state index contributed by atoms with van der Waals surface area (Å²) in [5, 5.41) is 2.75. The van der Waals surface area contributed by atoms with Crippen LogP contribution in [0.4, 0.5) is 23.4 Å². The number of nitrogens with zero attached hydrogens (tertiary/aromatic N) is 2. The van der Waals surface area contributed by atoms with Crippen LogP contribution in [0.2, 0.25) is 5.02 Å². The number of pyridine rings is 1. The van der Waals surface area contributed by atoms with Crippen LogP contribution >= 0.6 is 11.6 Å². The van der Waals surface area contributed by atoms with E-state index < -0.39 is 11.7 Å². The number of carbonyl (C=O) groups is 1. The molecular formula is C20H20ClF4N3O. The lowest BCUT2D eigenvalue weighted by Crippen LogP contribution is -2.40. The smallest absolute Gasteiger partial charge is 0.355 e. The zero-order valence-electron chi connectivity index (χ0n) is 15.7. The number of rotatable bonds is 4. The number of anilines is 1. The van der Waals surface area contributed by atoms with Crippen molar-refractivity contribution in [2.24, 2.45) is 5.92 Å². The normalized spacial score (nSPS) is 15.4. The first kappa shape index (κ1) is 21.4. The van der Waals surface area contributed by atoms with Crippen LogP contribution in [0.5, 0.6) is 0 Å². The average molecular weight is 430 g/mol. The van der Waals surface area contributed by atoms with Crippen LogP contribution in [-0.2, 0) is 17.5 Å². The van der Waals surface area contributed by atoms with Crippen LogP contribution in [0.25, 0.3) is 0 Å². The largest absolute Gasteiger partial charge is 0.417 e. The zero-order chi connectivity index (χ0) is 21.2. The molecule has 0 atom stereocenters. The highest BCUT2D eigenvalue weighted by molar-refractivity contribution is 6.33. The number of halogens is 5. The molecule has 1 amide bonds. The van der Waals surface area contributed by atoms with Crippen molar-refractivity contribution in [1.82, 2.24) is 10.3 Å². The van der Waals surface area contributed by atoms with E-state index in [1.54, 1.807) is 24.0 Å². The van der Waals surface area contributed by atoms with Crippen LogP contribution in [-0.4, -0.2) is 24.0 Å². The van der Waals surface area contributed by atoms with Crippen molar-refractivity contribution in [3.63, 3.8) is 0 Å². The first-order chi connectivity index (χ1) is 13.6. The number of hydrogen-bond donors (Lipinski definition) is 1. The molecule has 0 unspecified atom stereocenters. The van der Waals surface area contributed by atoms with Gasteiger partial charge in [0.25, 0.3) is 0 Å². The van der Waals surface area contributed by atoms with Crippen LogP contribution in [0.1, 0.15) is 29.5 Å². The van der Waals surface area contributed by atoms with Gasteiger partial charge in [-0.15, -0.1) is 0 Å². The zero-order valence-corrected chi connectivity index (χ0v) is 16.4. The second-order valence-corrected chi connectivity index (χ2v) is 7.50. The van der Waals surface area contributed by atoms with Crippen molar-refractivity contribution in [1.29, 1.82) is 0 Å². The summed E-state index contributed by atoms with van der Waals surface area (Å²) in [6, 6.07) is 5.69. The van der Waals surface area contributed by atoms with Crippen molar-refractivity contribution in [2.45, 2.75) is 32.5 Å². The van der Waals surface area contributed by atoms with E-state index in [-0.39, 0.29) is 35.0 Å². The fourth-order valence-electron chi connectivity index (χ4n) is 3.25. The molecule has 1 aromatic heterocycles. The SMILES string of the molecule is Cc1ccc(CNC(=O)C2CCN(c3ncc(C(F)(F)F)cc3Cl)CC2)cc1F. The van der Waals surface area contributed by atoms with Crippen molar-refractivity contribution in [3.05, 3.63) is 58.0 Å². The van der Waals surface area contributed by atoms with E-state index in [4.69, 9.17) is 11.6 Å². The van der Waals surface area contributed by atoms with Gasteiger partial charge in [0.2, 0.25) is 5.91 Å². The van der Waals surface area contributed by atoms with Crippen LogP contribution in [0.15, 0.2) is 30.5 Å². The standard InChI is InChI=1S/C20H20ClF4N3O/c1-12-2-3-13(8-17(12)22)10-27-19(29)14-4-6-28(7-5-14)18-16(21)9-15(11-26-18)20(23,24)25/h2-3,8-9,11,14H,4-7,10H2,1H3,(H,27,29). The lowest BCUT2D eigenvalue weighted by molar-refractivity contribution is -0.137. The predicted molar refractivity (Wildman–Crippen MR) is 102 cm³/mol. The molecule has 2 aromatic rings. The molecule has 3 rings (SSSR count). The molecule has 29 heavy (non-hydrogen) atoms. The van der Waals surface area contributed by atoms with Gasteiger partial charge in [-0.1, -0.05) is 23.7 Å². The van der Waals surface area contributed by atoms with E-state index in [0.717, 1.165) is 12.3 Å². The van der Waals surface area contributed by atoms with Crippen LogP contribution < -0.4 is 10.2 Å². The molecule has 0 spiro atoms. The second kappa shape index (κ2) is 8.57. The minimum atomic E-state index is -4.50. The van der Waals surface area contributed by atoms with Gasteiger partial charge in [-0.05, 0) is 43.0 Å². The van der Waals surface area contributed by atoms with E-state index in [1.165, 1.54) is 6.07 Å². The number of aromatic nitrogens is 1. The third kappa shape index (κ3) is 5.18. The third-order valence-corrected chi connectivity index (χ3v) is 5.30. The predicted octanol–water partition coefficient (Wildman–Crippen LogP) is 4.73. The average Bonchev–Trinajstić information content (AvgIpc) is 2.68. The molecular weight excluding hydrogens is 410 g/mol. The van der Waals surface area contributed by atoms with E-state index in [1.807, 2.05) is 0 Å². The maximum Gasteiger partial charge on any atom is 0.417 e. The summed E-state index contributed by atoms with van der Waals surface area (Å²) < 4.78 is 51.8. The highest BCUT2D eigenvalue weighted by atomic mass is 35.5. The number of piperidine rings is 1. The molecule has 0 radical (unpaired) electrons. The van der Waals surface area contributed by atoms with Crippen molar-refractivity contribution in [3.8, 4) is 0 Å². The fraction of sp³-hybridized carbons (Fsp3) is 0.400. The van der Waals surface area contributed by atoms with Crippen molar-refractivity contribution in [2.75, 3.05) is 18.0 Å². The molecule has 4 nitrogen and oxygen atoms in total. The molecule has 0 aliphatic carbocycles. The Bertz CT molecular complexity index is 896. The Labute approximate surface area is 170 Å². The van der Waals surface area contributed by atoms with Gasteiger partial charge in [-0.3, -0.25) is 4.79 Å². The van der Waals surface area contributed by atoms with Gasteiger partial charge in [0.05, 0.1) is 10.6 Å². The Morgan fingerprint density at radius 2 is 1.97 bits per heavy atom. The Morgan fingerprint density at radius 1 is 1.28 bits per heavy atom. The third-order valence-electron chi connectivity index (χ3n) is 5.02. The molecule has 1 N–H and O–H groups in total. The number of amides is 1. The number of carbonyl (C=O) groups excluding carboxylic acids is 1. The lowest BCUT2D eigenvalue weighted by atomic mass is 9.95. The molecule has 2 heterocycles. The highest BCUT2D eigenvalue weighted by Crippen LogP contribution is 2.34. The molecule has 156 valence electrons. The van der Waals surface area contributed by atoms with Gasteiger partial charge in [0.1, 0.15) is 11.6 Å². The molecule has 1 saturated heterocycles. The Balaban J connectivity index is 1.54. The van der Waals surface area contributed by atoms with Crippen molar-refractivity contribution < 1.29 is 22.4 Å². The quantitative estimate of drug-likeness (QED) is 0.714. The summed E-state index contributed by atoms with van der Waals surface area (Å²) in [5.41, 5.74) is 0.329. The summed E-state index contributed by atoms with van der Waals surface area (Å²) in [7, 11) is 0. The van der Waals surface area contributed by atoms with Crippen LogP contribution in [0.3, 0.4) is 0 Å². The molecule has 9 heteroatoms. The number of alkyl halides is 3. The summed E-state index contributed by atoms with van der Waals surface area (Å²) in [4.78, 5) is 18.0. The first-order valence-electron chi connectivity index (χ1n) is 9.15. The van der Waals surface area contributed by atoms with E-state index in [2.05, 4.69) is 10.3 Å². The van der Waals surface area contributed by atoms with Gasteiger partial charge in [-0.2, -0.15) is 13.2 Å². The van der Waals surface area contributed by atoms with E-state index >= 15 is 0 Å². The first-order valence-corrected chi connectivity index (χ1v) is 9.53. The number of hydrogen-bond acceptors (Lipinski definition) is 3. The van der Waals surface area contributed by atoms with Gasteiger partial charge < -0.3 is 10.2 Å². The monoisotopic (exact) mass is 429 g/mol. The Hall–Kier alpha value is -2.35. The highest BCUT2D eigenvalue weighted by Gasteiger charge is 2.33. The van der Waals surface area contributed by atoms with E-state index in [9.17, 15) is 22.4 Å². The van der Waals surface area contributed by atoms with Gasteiger partial charge in [-0.25, -0.2) is 9.37 Å². The minimum absolute atomic E-state index is 0.0656. The molecule has 0 saturated carbocycles. The number of benzene rings is 1. The van der Waals surface area contributed by atoms with Crippen LogP contribution in [0, 0.1) is 18.7 Å². The number of nitrogens with one attached hydrogen (secondary N) is 1. The van der Waals surface area contributed by atoms with Crippen molar-refractivity contribution >= 4 is 23.3 Å². The molecule has 1 aromatic carbocycles. The van der Waals surface area contributed by atoms with Gasteiger partial charge in [0, 0.05) is 31.7 Å². The summed E-state index contributed by atoms with van der Waals surface area (Å²) in [6.45, 7) is 2.82. The maximum atomic E-state index is 13.6. The Kier molecular flexibility index (Phi) is 6.31. The molecule has 1 aliphatic rings. The summed E-state index contributed by atoms with van der Waals surface area (Å²) >= 11 is 6.00. The molecule has 1 aliphatic heterocycles. The lowest BCUT2D eigenvalue weighted by Gasteiger charge is -2.32. The molecule has 1 fully saturated rings. The topological polar surface area (TPSA) is 45.2 Å². The second-order valence-electron chi connectivity index (χ2n) is 7.09. The van der Waals surface area contributed by atoms with Gasteiger partial charge in [0.15, 0.2) is 0 Å². The minimum Gasteiger partial charge on any atom is -0.355 e. The fourth-order valence-corrected chi connectivity index (χ4v) is 3.54. The Morgan fingerprint density at radius 3 is 2.55 bits per heavy atom. The summed E-state index contributed by atoms with van der Waals surface area (Å²) in [5.74, 6) is -0.383. The molecule has 0 bridgehead atoms. The van der Waals surface area contributed by atoms with Gasteiger partial charge >= 0.3 is 6.18 Å². The summed E-state index contributed by atoms with van der Waals surface area (Å²) in [6.07, 6.45) is -2.69.